The average Bonchev–Trinajstić information content (AvgIpc) is 2.71. The van der Waals surface area contributed by atoms with Gasteiger partial charge in [-0.25, -0.2) is 9.37 Å². The Bertz CT molecular complexity index is 496. The first-order valence-electron chi connectivity index (χ1n) is 4.94. The number of anilines is 2. The Morgan fingerprint density at radius 3 is 3.06 bits per heavy atom. The summed E-state index contributed by atoms with van der Waals surface area (Å²) in [5, 5.41) is 3.08. The molecule has 0 spiro atoms. The maximum atomic E-state index is 13.1. The lowest BCUT2D eigenvalue weighted by Gasteiger charge is -2.09. The summed E-state index contributed by atoms with van der Waals surface area (Å²) < 4.78 is 15.8. The maximum absolute atomic E-state index is 13.1. The van der Waals surface area contributed by atoms with Crippen molar-refractivity contribution in [3.63, 3.8) is 0 Å². The molecule has 1 heterocycles. The quantitative estimate of drug-likeness (QED) is 0.934. The largest absolute Gasteiger partial charge is 0.324 e. The zero-order valence-electron chi connectivity index (χ0n) is 8.74. The summed E-state index contributed by atoms with van der Waals surface area (Å²) in [5.74, 6) is 0.425. The molecule has 0 radical (unpaired) electrons. The van der Waals surface area contributed by atoms with Crippen molar-refractivity contribution in [3.05, 3.63) is 40.9 Å². The van der Waals surface area contributed by atoms with E-state index in [0.29, 0.717) is 11.6 Å². The highest BCUT2D eigenvalue weighted by molar-refractivity contribution is 9.10. The minimum atomic E-state index is -0.277. The SMILES string of the molecule is CCn1ccnc1Nc1cc(F)ccc1Br. The zero-order valence-corrected chi connectivity index (χ0v) is 10.3. The molecule has 3 nitrogen and oxygen atoms in total. The van der Waals surface area contributed by atoms with Crippen LogP contribution in [0.3, 0.4) is 0 Å². The molecule has 0 bridgehead atoms. The van der Waals surface area contributed by atoms with Crippen molar-refractivity contribution in [1.29, 1.82) is 0 Å². The summed E-state index contributed by atoms with van der Waals surface area (Å²) >= 11 is 3.36. The lowest BCUT2D eigenvalue weighted by atomic mass is 10.3. The summed E-state index contributed by atoms with van der Waals surface area (Å²) in [4.78, 5) is 4.16. The summed E-state index contributed by atoms with van der Waals surface area (Å²) in [6.45, 7) is 2.84. The minimum absolute atomic E-state index is 0.277. The Balaban J connectivity index is 2.30. The molecule has 2 aromatic rings. The van der Waals surface area contributed by atoms with Gasteiger partial charge in [0.05, 0.1) is 5.69 Å². The van der Waals surface area contributed by atoms with Gasteiger partial charge < -0.3 is 9.88 Å². The van der Waals surface area contributed by atoms with Gasteiger partial charge in [-0.2, -0.15) is 0 Å². The fourth-order valence-corrected chi connectivity index (χ4v) is 1.75. The second-order valence-electron chi connectivity index (χ2n) is 3.29. The third-order valence-corrected chi connectivity index (χ3v) is 2.92. The summed E-state index contributed by atoms with van der Waals surface area (Å²) in [5.41, 5.74) is 0.668. The van der Waals surface area contributed by atoms with E-state index in [4.69, 9.17) is 0 Å². The van der Waals surface area contributed by atoms with Gasteiger partial charge in [-0.15, -0.1) is 0 Å². The molecule has 0 fully saturated rings. The number of benzene rings is 1. The third kappa shape index (κ3) is 2.24. The van der Waals surface area contributed by atoms with E-state index in [0.717, 1.165) is 11.0 Å². The van der Waals surface area contributed by atoms with Crippen molar-refractivity contribution < 1.29 is 4.39 Å². The number of rotatable bonds is 3. The predicted molar refractivity (Wildman–Crippen MR) is 65.3 cm³/mol. The van der Waals surface area contributed by atoms with E-state index >= 15 is 0 Å². The second-order valence-corrected chi connectivity index (χ2v) is 4.14. The molecule has 16 heavy (non-hydrogen) atoms. The average molecular weight is 284 g/mol. The first-order valence-corrected chi connectivity index (χ1v) is 5.73. The molecular formula is C11H11BrFN3. The molecule has 0 saturated heterocycles. The van der Waals surface area contributed by atoms with Gasteiger partial charge in [0.2, 0.25) is 5.95 Å². The van der Waals surface area contributed by atoms with Crippen molar-refractivity contribution in [2.24, 2.45) is 0 Å². The van der Waals surface area contributed by atoms with Crippen LogP contribution in [0.15, 0.2) is 35.1 Å². The zero-order chi connectivity index (χ0) is 11.5. The van der Waals surface area contributed by atoms with Crippen molar-refractivity contribution >= 4 is 27.6 Å². The van der Waals surface area contributed by atoms with E-state index in [2.05, 4.69) is 26.2 Å². The van der Waals surface area contributed by atoms with Crippen molar-refractivity contribution in [1.82, 2.24) is 9.55 Å². The number of aryl methyl sites for hydroxylation is 1. The molecule has 0 saturated carbocycles. The van der Waals surface area contributed by atoms with E-state index in [9.17, 15) is 4.39 Å². The van der Waals surface area contributed by atoms with E-state index in [1.54, 1.807) is 12.3 Å². The Kier molecular flexibility index (Phi) is 3.24. The molecule has 2 rings (SSSR count). The van der Waals surface area contributed by atoms with Gasteiger partial charge in [-0.05, 0) is 41.1 Å². The molecule has 0 aliphatic rings. The molecule has 0 aliphatic carbocycles. The van der Waals surface area contributed by atoms with E-state index in [1.165, 1.54) is 12.1 Å². The lowest BCUT2D eigenvalue weighted by Crippen LogP contribution is -2.02. The second kappa shape index (κ2) is 4.65. The Hall–Kier alpha value is -1.36. The van der Waals surface area contributed by atoms with Crippen LogP contribution >= 0.6 is 15.9 Å². The number of nitrogens with one attached hydrogen (secondary N) is 1. The van der Waals surface area contributed by atoms with E-state index in [-0.39, 0.29) is 5.82 Å². The summed E-state index contributed by atoms with van der Waals surface area (Å²) in [7, 11) is 0. The van der Waals surface area contributed by atoms with Gasteiger partial charge in [0, 0.05) is 23.4 Å². The van der Waals surface area contributed by atoms with Gasteiger partial charge in [-0.1, -0.05) is 0 Å². The molecule has 0 unspecified atom stereocenters. The van der Waals surface area contributed by atoms with Crippen LogP contribution in [0.4, 0.5) is 16.0 Å². The van der Waals surface area contributed by atoms with Crippen LogP contribution in [0, 0.1) is 5.82 Å². The van der Waals surface area contributed by atoms with Crippen LogP contribution < -0.4 is 5.32 Å². The number of hydrogen-bond acceptors (Lipinski definition) is 2. The maximum Gasteiger partial charge on any atom is 0.207 e. The molecule has 1 N–H and O–H groups in total. The summed E-state index contributed by atoms with van der Waals surface area (Å²) in [6, 6.07) is 4.50. The van der Waals surface area contributed by atoms with Gasteiger partial charge in [0.1, 0.15) is 5.82 Å². The van der Waals surface area contributed by atoms with Crippen LogP contribution in [0.5, 0.6) is 0 Å². The molecule has 84 valence electrons. The molecule has 0 atom stereocenters. The predicted octanol–water partition coefficient (Wildman–Crippen LogP) is 3.55. The first-order chi connectivity index (χ1) is 7.70. The van der Waals surface area contributed by atoms with Crippen molar-refractivity contribution in [3.8, 4) is 0 Å². The van der Waals surface area contributed by atoms with Crippen LogP contribution in [-0.2, 0) is 6.54 Å². The highest BCUT2D eigenvalue weighted by Gasteiger charge is 2.05. The van der Waals surface area contributed by atoms with Crippen LogP contribution in [0.25, 0.3) is 0 Å². The number of imidazole rings is 1. The van der Waals surface area contributed by atoms with Gasteiger partial charge in [0.25, 0.3) is 0 Å². The van der Waals surface area contributed by atoms with Crippen LogP contribution in [-0.4, -0.2) is 9.55 Å². The fraction of sp³-hybridized carbons (Fsp3) is 0.182. The molecule has 0 aliphatic heterocycles. The minimum Gasteiger partial charge on any atom is -0.324 e. The lowest BCUT2D eigenvalue weighted by molar-refractivity contribution is 0.628. The number of nitrogens with zero attached hydrogens (tertiary/aromatic N) is 2. The standard InChI is InChI=1S/C11H11BrFN3/c1-2-16-6-5-14-11(16)15-10-7-8(13)3-4-9(10)12/h3-7H,2H2,1H3,(H,14,15). The number of aromatic nitrogens is 2. The Morgan fingerprint density at radius 1 is 1.50 bits per heavy atom. The molecular weight excluding hydrogens is 273 g/mol. The number of halogens is 2. The fourth-order valence-electron chi connectivity index (χ4n) is 1.40. The Labute approximate surface area is 101 Å². The third-order valence-electron chi connectivity index (χ3n) is 2.23. The van der Waals surface area contributed by atoms with Crippen molar-refractivity contribution in [2.75, 3.05) is 5.32 Å². The highest BCUT2D eigenvalue weighted by atomic mass is 79.9. The van der Waals surface area contributed by atoms with Gasteiger partial charge in [-0.3, -0.25) is 0 Å². The molecule has 1 aromatic carbocycles. The van der Waals surface area contributed by atoms with Crippen LogP contribution in [0.2, 0.25) is 0 Å². The van der Waals surface area contributed by atoms with E-state index in [1.807, 2.05) is 17.7 Å². The monoisotopic (exact) mass is 283 g/mol. The van der Waals surface area contributed by atoms with E-state index < -0.39 is 0 Å². The van der Waals surface area contributed by atoms with Gasteiger partial charge >= 0.3 is 0 Å². The summed E-state index contributed by atoms with van der Waals surface area (Å²) in [6.07, 6.45) is 3.58. The topological polar surface area (TPSA) is 29.9 Å². The highest BCUT2D eigenvalue weighted by Crippen LogP contribution is 2.25. The first kappa shape index (κ1) is 11.1. The molecule has 1 aromatic heterocycles. The Morgan fingerprint density at radius 2 is 2.31 bits per heavy atom. The van der Waals surface area contributed by atoms with Crippen LogP contribution in [0.1, 0.15) is 6.92 Å². The normalized spacial score (nSPS) is 10.4. The van der Waals surface area contributed by atoms with Crippen molar-refractivity contribution in [2.45, 2.75) is 13.5 Å². The van der Waals surface area contributed by atoms with Gasteiger partial charge in [0.15, 0.2) is 0 Å². The molecule has 0 amide bonds. The molecule has 5 heteroatoms. The smallest absolute Gasteiger partial charge is 0.207 e. The number of hydrogen-bond donors (Lipinski definition) is 1.